The van der Waals surface area contributed by atoms with E-state index < -0.39 is 0 Å². The van der Waals surface area contributed by atoms with Gasteiger partial charge >= 0.3 is 0 Å². The van der Waals surface area contributed by atoms with Crippen molar-refractivity contribution in [2.45, 2.75) is 17.6 Å². The average molecular weight is 433 g/mol. The fourth-order valence-electron chi connectivity index (χ4n) is 2.84. The predicted octanol–water partition coefficient (Wildman–Crippen LogP) is 5.06. The van der Waals surface area contributed by atoms with Crippen molar-refractivity contribution in [1.29, 1.82) is 5.26 Å². The van der Waals surface area contributed by atoms with E-state index in [1.165, 1.54) is 0 Å². The van der Waals surface area contributed by atoms with E-state index in [2.05, 4.69) is 11.4 Å². The normalized spacial score (nSPS) is 10.2. The third-order valence-corrected chi connectivity index (χ3v) is 5.54. The van der Waals surface area contributed by atoms with E-state index in [1.54, 1.807) is 23.9 Å². The van der Waals surface area contributed by atoms with Crippen LogP contribution in [0.1, 0.15) is 28.4 Å². The second-order valence-electron chi connectivity index (χ2n) is 6.60. The zero-order valence-corrected chi connectivity index (χ0v) is 18.2. The number of carbonyl (C=O) groups excluding carboxylic acids is 1. The van der Waals surface area contributed by atoms with E-state index in [0.717, 1.165) is 27.7 Å². The molecule has 0 saturated heterocycles. The van der Waals surface area contributed by atoms with Crippen LogP contribution in [0.2, 0.25) is 0 Å². The number of thioether (sulfide) groups is 1. The topological polar surface area (TPSA) is 71.3 Å². The molecule has 3 aromatic carbocycles. The van der Waals surface area contributed by atoms with Gasteiger partial charge in [0.25, 0.3) is 5.91 Å². The molecule has 0 bridgehead atoms. The zero-order chi connectivity index (χ0) is 21.9. The fourth-order valence-corrected chi connectivity index (χ4v) is 3.85. The highest BCUT2D eigenvalue weighted by atomic mass is 32.2. The Labute approximate surface area is 187 Å². The van der Waals surface area contributed by atoms with Crippen molar-refractivity contribution in [2.24, 2.45) is 0 Å². The SMILES string of the molecule is CCOc1ccc(OCCNC(=O)c2ccccc2SCc2ccc(C#N)cc2)cc1. The van der Waals surface area contributed by atoms with Gasteiger partial charge in [0.2, 0.25) is 0 Å². The van der Waals surface area contributed by atoms with Crippen LogP contribution >= 0.6 is 11.8 Å². The lowest BCUT2D eigenvalue weighted by Gasteiger charge is -2.11. The number of hydrogen-bond acceptors (Lipinski definition) is 5. The third-order valence-electron chi connectivity index (χ3n) is 4.40. The van der Waals surface area contributed by atoms with Crippen molar-refractivity contribution in [3.05, 3.63) is 89.5 Å². The van der Waals surface area contributed by atoms with E-state index in [1.807, 2.05) is 67.6 Å². The third kappa shape index (κ3) is 6.80. The number of amides is 1. The first kappa shape index (κ1) is 22.3. The number of carbonyl (C=O) groups is 1. The summed E-state index contributed by atoms with van der Waals surface area (Å²) in [4.78, 5) is 13.6. The molecule has 0 atom stereocenters. The molecule has 1 N–H and O–H groups in total. The van der Waals surface area contributed by atoms with Gasteiger partial charge in [-0.25, -0.2) is 0 Å². The first-order chi connectivity index (χ1) is 15.2. The predicted molar refractivity (Wildman–Crippen MR) is 123 cm³/mol. The average Bonchev–Trinajstić information content (AvgIpc) is 2.82. The van der Waals surface area contributed by atoms with Gasteiger partial charge in [-0.1, -0.05) is 24.3 Å². The number of hydrogen-bond donors (Lipinski definition) is 1. The quantitative estimate of drug-likeness (QED) is 0.358. The molecule has 0 aliphatic rings. The van der Waals surface area contributed by atoms with Crippen LogP contribution in [0, 0.1) is 11.3 Å². The molecule has 5 nitrogen and oxygen atoms in total. The minimum absolute atomic E-state index is 0.127. The number of ether oxygens (including phenoxy) is 2. The van der Waals surface area contributed by atoms with E-state index in [4.69, 9.17) is 14.7 Å². The smallest absolute Gasteiger partial charge is 0.252 e. The van der Waals surface area contributed by atoms with Crippen molar-refractivity contribution in [1.82, 2.24) is 5.32 Å². The van der Waals surface area contributed by atoms with E-state index in [9.17, 15) is 4.79 Å². The maximum atomic E-state index is 12.7. The van der Waals surface area contributed by atoms with Gasteiger partial charge in [0.1, 0.15) is 18.1 Å². The molecule has 3 rings (SSSR count). The van der Waals surface area contributed by atoms with E-state index in [-0.39, 0.29) is 5.91 Å². The van der Waals surface area contributed by atoms with Gasteiger partial charge in [-0.3, -0.25) is 4.79 Å². The molecular weight excluding hydrogens is 408 g/mol. The summed E-state index contributed by atoms with van der Waals surface area (Å²) in [5.41, 5.74) is 2.38. The van der Waals surface area contributed by atoms with E-state index in [0.29, 0.717) is 30.9 Å². The molecule has 0 saturated carbocycles. The van der Waals surface area contributed by atoms with Crippen molar-refractivity contribution in [2.75, 3.05) is 19.8 Å². The second kappa shape index (κ2) is 11.7. The van der Waals surface area contributed by atoms with Gasteiger partial charge in [0.15, 0.2) is 0 Å². The fraction of sp³-hybridized carbons (Fsp3) is 0.200. The Balaban J connectivity index is 1.49. The second-order valence-corrected chi connectivity index (χ2v) is 7.62. The zero-order valence-electron chi connectivity index (χ0n) is 17.3. The molecule has 1 amide bonds. The molecule has 3 aromatic rings. The molecular formula is C25H24N2O3S. The Hall–Kier alpha value is -3.43. The lowest BCUT2D eigenvalue weighted by molar-refractivity contribution is 0.0944. The van der Waals surface area contributed by atoms with Crippen molar-refractivity contribution in [3.63, 3.8) is 0 Å². The summed E-state index contributed by atoms with van der Waals surface area (Å²) >= 11 is 1.60. The van der Waals surface area contributed by atoms with Gasteiger partial charge in [0, 0.05) is 10.6 Å². The maximum absolute atomic E-state index is 12.7. The molecule has 0 heterocycles. The van der Waals surface area contributed by atoms with Gasteiger partial charge in [-0.05, 0) is 61.0 Å². The molecule has 0 aromatic heterocycles. The van der Waals surface area contributed by atoms with Crippen LogP contribution in [0.15, 0.2) is 77.7 Å². The molecule has 158 valence electrons. The summed E-state index contributed by atoms with van der Waals surface area (Å²) in [6.45, 7) is 3.34. The lowest BCUT2D eigenvalue weighted by atomic mass is 10.2. The Morgan fingerprint density at radius 2 is 1.65 bits per heavy atom. The minimum atomic E-state index is -0.127. The van der Waals surface area contributed by atoms with Crippen LogP contribution < -0.4 is 14.8 Å². The lowest BCUT2D eigenvalue weighted by Crippen LogP contribution is -2.28. The van der Waals surface area contributed by atoms with Crippen molar-refractivity contribution < 1.29 is 14.3 Å². The van der Waals surface area contributed by atoms with Crippen LogP contribution in [-0.2, 0) is 5.75 Å². The molecule has 0 unspecified atom stereocenters. The molecule has 31 heavy (non-hydrogen) atoms. The van der Waals surface area contributed by atoms with Crippen molar-refractivity contribution >= 4 is 17.7 Å². The van der Waals surface area contributed by atoms with Gasteiger partial charge in [-0.15, -0.1) is 11.8 Å². The van der Waals surface area contributed by atoms with Crippen LogP contribution in [-0.4, -0.2) is 25.7 Å². The summed E-state index contributed by atoms with van der Waals surface area (Å²) < 4.78 is 11.1. The Morgan fingerprint density at radius 3 is 2.32 bits per heavy atom. The maximum Gasteiger partial charge on any atom is 0.252 e. The molecule has 0 aliphatic carbocycles. The van der Waals surface area contributed by atoms with Crippen LogP contribution in [0.5, 0.6) is 11.5 Å². The first-order valence-corrected chi connectivity index (χ1v) is 11.0. The summed E-state index contributed by atoms with van der Waals surface area (Å²) in [5, 5.41) is 11.8. The van der Waals surface area contributed by atoms with Crippen molar-refractivity contribution in [3.8, 4) is 17.6 Å². The molecule has 6 heteroatoms. The minimum Gasteiger partial charge on any atom is -0.494 e. The van der Waals surface area contributed by atoms with Crippen LogP contribution in [0.3, 0.4) is 0 Å². The number of nitrogens with one attached hydrogen (secondary N) is 1. The molecule has 0 aliphatic heterocycles. The van der Waals surface area contributed by atoms with Crippen LogP contribution in [0.4, 0.5) is 0 Å². The summed E-state index contributed by atoms with van der Waals surface area (Å²) in [5.74, 6) is 2.13. The Bertz CT molecular complexity index is 1030. The summed E-state index contributed by atoms with van der Waals surface area (Å²) in [6.07, 6.45) is 0. The largest absolute Gasteiger partial charge is 0.494 e. The highest BCUT2D eigenvalue weighted by Crippen LogP contribution is 2.26. The highest BCUT2D eigenvalue weighted by molar-refractivity contribution is 7.98. The summed E-state index contributed by atoms with van der Waals surface area (Å²) in [7, 11) is 0. The number of nitriles is 1. The van der Waals surface area contributed by atoms with Gasteiger partial charge in [0.05, 0.1) is 30.3 Å². The number of benzene rings is 3. The van der Waals surface area contributed by atoms with Gasteiger partial charge < -0.3 is 14.8 Å². The first-order valence-electron chi connectivity index (χ1n) is 10.0. The van der Waals surface area contributed by atoms with Gasteiger partial charge in [-0.2, -0.15) is 5.26 Å². The van der Waals surface area contributed by atoms with E-state index >= 15 is 0 Å². The highest BCUT2D eigenvalue weighted by Gasteiger charge is 2.11. The Morgan fingerprint density at radius 1 is 0.968 bits per heavy atom. The monoisotopic (exact) mass is 432 g/mol. The number of rotatable bonds is 10. The molecule has 0 spiro atoms. The molecule has 0 radical (unpaired) electrons. The summed E-state index contributed by atoms with van der Waals surface area (Å²) in [6, 6.07) is 24.6. The standard InChI is InChI=1S/C25H24N2O3S/c1-2-29-21-11-13-22(14-12-21)30-16-15-27-25(28)23-5-3-4-6-24(23)31-18-20-9-7-19(17-26)8-10-20/h3-14H,2,15-16,18H2,1H3,(H,27,28). The molecule has 0 fully saturated rings. The Kier molecular flexibility index (Phi) is 8.39. The van der Waals surface area contributed by atoms with Crippen LogP contribution in [0.25, 0.3) is 0 Å². The number of nitrogens with zero attached hydrogens (tertiary/aromatic N) is 1.